The summed E-state index contributed by atoms with van der Waals surface area (Å²) in [7, 11) is 0. The number of benzene rings is 3. The number of aliphatic carboxylic acids is 1. The molecule has 0 saturated heterocycles. The number of carboxylic acids is 1. The topological polar surface area (TPSA) is 66.8 Å². The highest BCUT2D eigenvalue weighted by Crippen LogP contribution is 2.28. The fourth-order valence-corrected chi connectivity index (χ4v) is 3.08. The van der Waals surface area contributed by atoms with Gasteiger partial charge in [-0.25, -0.2) is 4.39 Å². The molecule has 3 aromatic carbocycles. The van der Waals surface area contributed by atoms with Gasteiger partial charge in [-0.05, 0) is 48.9 Å². The average Bonchev–Trinajstić information content (AvgIpc) is 2.71. The van der Waals surface area contributed by atoms with Crippen molar-refractivity contribution in [3.05, 3.63) is 94.3 Å². The lowest BCUT2D eigenvalue weighted by Gasteiger charge is -2.23. The number of hydrogen-bond acceptors (Lipinski definition) is 3. The Morgan fingerprint density at radius 1 is 1.07 bits per heavy atom. The molecule has 0 spiro atoms. The third-order valence-electron chi connectivity index (χ3n) is 4.36. The van der Waals surface area contributed by atoms with Crippen LogP contribution in [-0.4, -0.2) is 28.4 Å². The maximum absolute atomic E-state index is 13.3. The van der Waals surface area contributed by atoms with Gasteiger partial charge in [0.25, 0.3) is 5.91 Å². The van der Waals surface area contributed by atoms with Crippen molar-refractivity contribution in [2.45, 2.75) is 13.5 Å². The van der Waals surface area contributed by atoms with Crippen molar-refractivity contribution in [3.63, 3.8) is 0 Å². The van der Waals surface area contributed by atoms with Crippen molar-refractivity contribution in [2.75, 3.05) is 6.54 Å². The fourth-order valence-electron chi connectivity index (χ4n) is 2.85. The molecule has 0 aliphatic heterocycles. The normalized spacial score (nSPS) is 10.5. The third-order valence-corrected chi connectivity index (χ3v) is 4.71. The zero-order chi connectivity index (χ0) is 21.7. The SMILES string of the molecule is Cc1ccc(Oc2ccccc2C(=O)N(CC(=O)O)Cc2ccc(F)cc2Cl)cc1. The molecular weight excluding hydrogens is 409 g/mol. The standard InChI is InChI=1S/C23H19ClFNO4/c1-15-6-10-18(11-7-15)30-21-5-3-2-4-19(21)23(29)26(14-22(27)28)13-16-8-9-17(25)12-20(16)24/h2-12H,13-14H2,1H3,(H,27,28). The second kappa shape index (κ2) is 9.41. The van der Waals surface area contributed by atoms with E-state index in [0.717, 1.165) is 16.5 Å². The van der Waals surface area contributed by atoms with E-state index in [4.69, 9.17) is 16.3 Å². The van der Waals surface area contributed by atoms with Gasteiger partial charge in [-0.1, -0.05) is 47.5 Å². The number of para-hydroxylation sites is 1. The Hall–Kier alpha value is -3.38. The Morgan fingerprint density at radius 3 is 2.43 bits per heavy atom. The van der Waals surface area contributed by atoms with E-state index < -0.39 is 24.2 Å². The smallest absolute Gasteiger partial charge is 0.323 e. The summed E-state index contributed by atoms with van der Waals surface area (Å²) in [6, 6.07) is 17.7. The van der Waals surface area contributed by atoms with Crippen LogP contribution in [0, 0.1) is 12.7 Å². The quantitative estimate of drug-likeness (QED) is 0.555. The zero-order valence-corrected chi connectivity index (χ0v) is 16.9. The maximum atomic E-state index is 13.3. The maximum Gasteiger partial charge on any atom is 0.323 e. The molecule has 0 fully saturated rings. The lowest BCUT2D eigenvalue weighted by molar-refractivity contribution is -0.137. The number of carbonyl (C=O) groups excluding carboxylic acids is 1. The third kappa shape index (κ3) is 5.36. The van der Waals surface area contributed by atoms with Crippen LogP contribution in [0.4, 0.5) is 4.39 Å². The summed E-state index contributed by atoms with van der Waals surface area (Å²) < 4.78 is 19.2. The van der Waals surface area contributed by atoms with Crippen LogP contribution in [0.5, 0.6) is 11.5 Å². The Kier molecular flexibility index (Phi) is 6.69. The molecule has 0 aliphatic rings. The number of carboxylic acid groups (broad SMARTS) is 1. The fraction of sp³-hybridized carbons (Fsp3) is 0.130. The number of carbonyl (C=O) groups is 2. The number of hydrogen-bond donors (Lipinski definition) is 1. The summed E-state index contributed by atoms with van der Waals surface area (Å²) in [6.07, 6.45) is 0. The van der Waals surface area contributed by atoms with Gasteiger partial charge < -0.3 is 14.7 Å². The molecule has 154 valence electrons. The van der Waals surface area contributed by atoms with Crippen LogP contribution in [0.2, 0.25) is 5.02 Å². The Balaban J connectivity index is 1.90. The molecule has 0 atom stereocenters. The van der Waals surface area contributed by atoms with Crippen LogP contribution in [-0.2, 0) is 11.3 Å². The van der Waals surface area contributed by atoms with Gasteiger partial charge in [0.2, 0.25) is 0 Å². The Morgan fingerprint density at radius 2 is 1.77 bits per heavy atom. The summed E-state index contributed by atoms with van der Waals surface area (Å²) in [4.78, 5) is 25.7. The summed E-state index contributed by atoms with van der Waals surface area (Å²) >= 11 is 6.06. The number of rotatable bonds is 7. The minimum absolute atomic E-state index is 0.0941. The molecule has 0 aliphatic carbocycles. The van der Waals surface area contributed by atoms with Crippen LogP contribution in [0.1, 0.15) is 21.5 Å². The highest BCUT2D eigenvalue weighted by molar-refractivity contribution is 6.31. The predicted molar refractivity (Wildman–Crippen MR) is 111 cm³/mol. The molecule has 1 N–H and O–H groups in total. The largest absolute Gasteiger partial charge is 0.480 e. The summed E-state index contributed by atoms with van der Waals surface area (Å²) in [6.45, 7) is 1.31. The van der Waals surface area contributed by atoms with Crippen LogP contribution in [0.25, 0.3) is 0 Å². The van der Waals surface area contributed by atoms with Crippen molar-refractivity contribution < 1.29 is 23.8 Å². The summed E-state index contributed by atoms with van der Waals surface area (Å²) in [5.41, 5.74) is 1.71. The van der Waals surface area contributed by atoms with E-state index in [9.17, 15) is 19.1 Å². The Bertz CT molecular complexity index is 1070. The van der Waals surface area contributed by atoms with Crippen LogP contribution in [0.3, 0.4) is 0 Å². The van der Waals surface area contributed by atoms with Crippen molar-refractivity contribution >= 4 is 23.5 Å². The molecule has 0 heterocycles. The molecular formula is C23H19ClFNO4. The Labute approximate surface area is 178 Å². The molecule has 7 heteroatoms. The second-order valence-corrected chi connectivity index (χ2v) is 7.11. The minimum atomic E-state index is -1.18. The van der Waals surface area contributed by atoms with Gasteiger partial charge in [0.05, 0.1) is 5.56 Å². The van der Waals surface area contributed by atoms with Gasteiger partial charge >= 0.3 is 5.97 Å². The molecule has 1 amide bonds. The van der Waals surface area contributed by atoms with E-state index in [-0.39, 0.29) is 17.1 Å². The molecule has 3 rings (SSSR count). The number of amides is 1. The van der Waals surface area contributed by atoms with Crippen molar-refractivity contribution in [3.8, 4) is 11.5 Å². The van der Waals surface area contributed by atoms with E-state index in [1.807, 2.05) is 19.1 Å². The first-order valence-corrected chi connectivity index (χ1v) is 9.50. The van der Waals surface area contributed by atoms with E-state index >= 15 is 0 Å². The predicted octanol–water partition coefficient (Wildman–Crippen LogP) is 5.31. The first-order chi connectivity index (χ1) is 14.3. The number of ether oxygens (including phenoxy) is 1. The zero-order valence-electron chi connectivity index (χ0n) is 16.1. The highest BCUT2D eigenvalue weighted by atomic mass is 35.5. The first-order valence-electron chi connectivity index (χ1n) is 9.12. The van der Waals surface area contributed by atoms with Crippen LogP contribution >= 0.6 is 11.6 Å². The molecule has 3 aromatic rings. The first kappa shape index (κ1) is 21.3. The van der Waals surface area contributed by atoms with Crippen molar-refractivity contribution in [1.82, 2.24) is 4.90 Å². The molecule has 0 saturated carbocycles. The summed E-state index contributed by atoms with van der Waals surface area (Å²) in [5.74, 6) is -1.39. The van der Waals surface area contributed by atoms with Crippen molar-refractivity contribution in [1.29, 1.82) is 0 Å². The molecule has 0 unspecified atom stereocenters. The van der Waals surface area contributed by atoms with Gasteiger partial charge in [-0.15, -0.1) is 0 Å². The van der Waals surface area contributed by atoms with E-state index in [0.29, 0.717) is 17.1 Å². The van der Waals surface area contributed by atoms with E-state index in [2.05, 4.69) is 0 Å². The van der Waals surface area contributed by atoms with Gasteiger partial charge in [0.15, 0.2) is 0 Å². The monoisotopic (exact) mass is 427 g/mol. The second-order valence-electron chi connectivity index (χ2n) is 6.70. The lowest BCUT2D eigenvalue weighted by atomic mass is 10.1. The molecule has 5 nitrogen and oxygen atoms in total. The van der Waals surface area contributed by atoms with Gasteiger partial charge in [0.1, 0.15) is 23.9 Å². The number of aryl methyl sites for hydroxylation is 1. The number of nitrogens with zero attached hydrogens (tertiary/aromatic N) is 1. The molecule has 0 bridgehead atoms. The molecule has 0 aromatic heterocycles. The lowest BCUT2D eigenvalue weighted by Crippen LogP contribution is -2.35. The van der Waals surface area contributed by atoms with Gasteiger partial charge in [-0.3, -0.25) is 9.59 Å². The van der Waals surface area contributed by atoms with Gasteiger partial charge in [0, 0.05) is 11.6 Å². The minimum Gasteiger partial charge on any atom is -0.480 e. The number of halogens is 2. The average molecular weight is 428 g/mol. The van der Waals surface area contributed by atoms with Crippen LogP contribution < -0.4 is 4.74 Å². The van der Waals surface area contributed by atoms with E-state index in [1.165, 1.54) is 12.1 Å². The van der Waals surface area contributed by atoms with Gasteiger partial charge in [-0.2, -0.15) is 0 Å². The highest BCUT2D eigenvalue weighted by Gasteiger charge is 2.23. The van der Waals surface area contributed by atoms with Crippen LogP contribution in [0.15, 0.2) is 66.7 Å². The van der Waals surface area contributed by atoms with Crippen molar-refractivity contribution in [2.24, 2.45) is 0 Å². The molecule has 0 radical (unpaired) electrons. The summed E-state index contributed by atoms with van der Waals surface area (Å²) in [5, 5.41) is 9.40. The molecule has 30 heavy (non-hydrogen) atoms. The van der Waals surface area contributed by atoms with E-state index in [1.54, 1.807) is 36.4 Å².